The molecular weight excluding hydrogens is 234 g/mol. The third kappa shape index (κ3) is 2.55. The Labute approximate surface area is 104 Å². The van der Waals surface area contributed by atoms with Gasteiger partial charge in [0.15, 0.2) is 4.77 Å². The smallest absolute Gasteiger partial charge is 0.227 e. The monoisotopic (exact) mass is 249 g/mol. The fraction of sp³-hybridized carbons (Fsp3) is 0.333. The van der Waals surface area contributed by atoms with Gasteiger partial charge in [-0.15, -0.1) is 0 Å². The molecule has 0 fully saturated rings. The highest BCUT2D eigenvalue weighted by Gasteiger charge is 2.10. The van der Waals surface area contributed by atoms with Crippen LogP contribution in [0, 0.1) is 10.7 Å². The molecule has 1 atom stereocenters. The molecule has 0 spiro atoms. The van der Waals surface area contributed by atoms with Gasteiger partial charge in [0.25, 0.3) is 0 Å². The summed E-state index contributed by atoms with van der Waals surface area (Å²) in [6.45, 7) is 3.91. The van der Waals surface area contributed by atoms with Crippen LogP contribution in [0.2, 0.25) is 0 Å². The number of hydrogen-bond donors (Lipinski definition) is 3. The number of imidazole rings is 1. The van der Waals surface area contributed by atoms with Crippen LogP contribution in [0.25, 0.3) is 11.0 Å². The normalized spacial score (nSPS) is 12.6. The van der Waals surface area contributed by atoms with Crippen LogP contribution < -0.4 is 5.32 Å². The fourth-order valence-corrected chi connectivity index (χ4v) is 1.78. The maximum atomic E-state index is 11.7. The van der Waals surface area contributed by atoms with Gasteiger partial charge < -0.3 is 15.3 Å². The van der Waals surface area contributed by atoms with Crippen molar-refractivity contribution in [3.63, 3.8) is 0 Å². The number of benzene rings is 1. The van der Waals surface area contributed by atoms with Crippen molar-refractivity contribution >= 4 is 34.8 Å². The quantitative estimate of drug-likeness (QED) is 0.731. The van der Waals surface area contributed by atoms with Crippen molar-refractivity contribution in [2.45, 2.75) is 20.3 Å². The van der Waals surface area contributed by atoms with Crippen molar-refractivity contribution in [3.8, 4) is 0 Å². The molecule has 1 amide bonds. The first kappa shape index (κ1) is 11.9. The van der Waals surface area contributed by atoms with Gasteiger partial charge in [0.1, 0.15) is 0 Å². The largest absolute Gasteiger partial charge is 0.331 e. The molecule has 0 aliphatic carbocycles. The topological polar surface area (TPSA) is 60.7 Å². The first-order valence-corrected chi connectivity index (χ1v) is 6.04. The number of anilines is 1. The molecule has 0 bridgehead atoms. The zero-order valence-electron chi connectivity index (χ0n) is 9.83. The molecule has 0 aliphatic rings. The Morgan fingerprint density at radius 1 is 1.41 bits per heavy atom. The average molecular weight is 249 g/mol. The predicted molar refractivity (Wildman–Crippen MR) is 71.6 cm³/mol. The van der Waals surface area contributed by atoms with Crippen LogP contribution in [-0.2, 0) is 4.79 Å². The zero-order valence-corrected chi connectivity index (χ0v) is 10.6. The molecular formula is C12H15N3OS. The summed E-state index contributed by atoms with van der Waals surface area (Å²) in [5.74, 6) is 0.0661. The minimum atomic E-state index is 0.0235. The van der Waals surface area contributed by atoms with E-state index in [2.05, 4.69) is 15.3 Å². The zero-order chi connectivity index (χ0) is 12.4. The van der Waals surface area contributed by atoms with Crippen LogP contribution in [0.15, 0.2) is 18.2 Å². The summed E-state index contributed by atoms with van der Waals surface area (Å²) in [6, 6.07) is 5.64. The Hall–Kier alpha value is -1.62. The van der Waals surface area contributed by atoms with Gasteiger partial charge >= 0.3 is 0 Å². The van der Waals surface area contributed by atoms with E-state index in [1.54, 1.807) is 0 Å². The van der Waals surface area contributed by atoms with Crippen molar-refractivity contribution < 1.29 is 4.79 Å². The highest BCUT2D eigenvalue weighted by Crippen LogP contribution is 2.17. The van der Waals surface area contributed by atoms with Gasteiger partial charge in [-0.3, -0.25) is 4.79 Å². The molecule has 2 aromatic rings. The number of hydrogen-bond acceptors (Lipinski definition) is 2. The molecule has 5 heteroatoms. The van der Waals surface area contributed by atoms with E-state index in [0.29, 0.717) is 4.77 Å². The van der Waals surface area contributed by atoms with Gasteiger partial charge in [-0.05, 0) is 36.8 Å². The summed E-state index contributed by atoms with van der Waals surface area (Å²) < 4.78 is 0.588. The van der Waals surface area contributed by atoms with Crippen LogP contribution >= 0.6 is 12.2 Å². The van der Waals surface area contributed by atoms with E-state index >= 15 is 0 Å². The van der Waals surface area contributed by atoms with Gasteiger partial charge in [0, 0.05) is 11.6 Å². The number of H-pyrrole nitrogens is 2. The lowest BCUT2D eigenvalue weighted by atomic mass is 10.1. The van der Waals surface area contributed by atoms with Crippen LogP contribution in [-0.4, -0.2) is 15.9 Å². The lowest BCUT2D eigenvalue weighted by molar-refractivity contribution is -0.119. The van der Waals surface area contributed by atoms with E-state index in [9.17, 15) is 4.79 Å². The number of carbonyl (C=O) groups excluding carboxylic acids is 1. The van der Waals surface area contributed by atoms with E-state index in [1.165, 1.54) is 0 Å². The molecule has 4 nitrogen and oxygen atoms in total. The summed E-state index contributed by atoms with van der Waals surface area (Å²) in [5.41, 5.74) is 2.63. The predicted octanol–water partition coefficient (Wildman–Crippen LogP) is 3.21. The summed E-state index contributed by atoms with van der Waals surface area (Å²) in [5, 5.41) is 2.89. The number of aromatic nitrogens is 2. The highest BCUT2D eigenvalue weighted by molar-refractivity contribution is 7.71. The van der Waals surface area contributed by atoms with Crippen molar-refractivity contribution in [1.82, 2.24) is 9.97 Å². The van der Waals surface area contributed by atoms with E-state index < -0.39 is 0 Å². The average Bonchev–Trinajstić information content (AvgIpc) is 2.67. The van der Waals surface area contributed by atoms with Crippen molar-refractivity contribution in [3.05, 3.63) is 23.0 Å². The molecule has 1 heterocycles. The number of aromatic amines is 2. The molecule has 0 aliphatic heterocycles. The van der Waals surface area contributed by atoms with Crippen molar-refractivity contribution in [2.75, 3.05) is 5.32 Å². The Bertz CT molecular complexity index is 599. The molecule has 1 aromatic heterocycles. The third-order valence-corrected chi connectivity index (χ3v) is 3.05. The SMILES string of the molecule is CCC(C)C(=O)Nc1ccc2[nH]c(=S)[nH]c2c1. The third-order valence-electron chi connectivity index (χ3n) is 2.84. The first-order valence-electron chi connectivity index (χ1n) is 5.63. The fourth-order valence-electron chi connectivity index (χ4n) is 1.56. The number of fused-ring (bicyclic) bond motifs is 1. The second-order valence-electron chi connectivity index (χ2n) is 4.14. The molecule has 1 unspecified atom stereocenters. The van der Waals surface area contributed by atoms with Crippen molar-refractivity contribution in [1.29, 1.82) is 0 Å². The van der Waals surface area contributed by atoms with E-state index in [-0.39, 0.29) is 11.8 Å². The number of amides is 1. The summed E-state index contributed by atoms with van der Waals surface area (Å²) in [7, 11) is 0. The maximum Gasteiger partial charge on any atom is 0.227 e. The summed E-state index contributed by atoms with van der Waals surface area (Å²) in [4.78, 5) is 17.8. The minimum Gasteiger partial charge on any atom is -0.331 e. The number of carbonyl (C=O) groups is 1. The second-order valence-corrected chi connectivity index (χ2v) is 4.55. The minimum absolute atomic E-state index is 0.0235. The standard InChI is InChI=1S/C12H15N3OS/c1-3-7(2)11(16)13-8-4-5-9-10(6-8)15-12(17)14-9/h4-7H,3H2,1-2H3,(H,13,16)(H2,14,15,17). The van der Waals surface area contributed by atoms with Crippen LogP contribution in [0.5, 0.6) is 0 Å². The lowest BCUT2D eigenvalue weighted by Gasteiger charge is -2.09. The highest BCUT2D eigenvalue weighted by atomic mass is 32.1. The second kappa shape index (κ2) is 4.71. The molecule has 0 saturated carbocycles. The lowest BCUT2D eigenvalue weighted by Crippen LogP contribution is -2.19. The molecule has 2 rings (SSSR count). The molecule has 0 saturated heterocycles. The Morgan fingerprint density at radius 2 is 2.12 bits per heavy atom. The number of nitrogens with one attached hydrogen (secondary N) is 3. The number of rotatable bonds is 3. The van der Waals surface area contributed by atoms with E-state index in [1.807, 2.05) is 32.0 Å². The maximum absolute atomic E-state index is 11.7. The Kier molecular flexibility index (Phi) is 3.28. The Balaban J connectivity index is 2.24. The molecule has 90 valence electrons. The van der Waals surface area contributed by atoms with Crippen molar-refractivity contribution in [2.24, 2.45) is 5.92 Å². The van der Waals surface area contributed by atoms with Gasteiger partial charge in [0.2, 0.25) is 5.91 Å². The summed E-state index contributed by atoms with van der Waals surface area (Å²) in [6.07, 6.45) is 0.834. The first-order chi connectivity index (χ1) is 8.10. The molecule has 1 aromatic carbocycles. The van der Waals surface area contributed by atoms with E-state index in [0.717, 1.165) is 23.1 Å². The summed E-state index contributed by atoms with van der Waals surface area (Å²) >= 11 is 5.01. The van der Waals surface area contributed by atoms with Gasteiger partial charge in [0.05, 0.1) is 11.0 Å². The van der Waals surface area contributed by atoms with Crippen LogP contribution in [0.3, 0.4) is 0 Å². The molecule has 17 heavy (non-hydrogen) atoms. The van der Waals surface area contributed by atoms with Crippen LogP contribution in [0.1, 0.15) is 20.3 Å². The Morgan fingerprint density at radius 3 is 2.82 bits per heavy atom. The van der Waals surface area contributed by atoms with E-state index in [4.69, 9.17) is 12.2 Å². The molecule has 0 radical (unpaired) electrons. The van der Waals surface area contributed by atoms with Gasteiger partial charge in [-0.1, -0.05) is 13.8 Å². The van der Waals surface area contributed by atoms with Crippen LogP contribution in [0.4, 0.5) is 5.69 Å². The van der Waals surface area contributed by atoms with Gasteiger partial charge in [-0.25, -0.2) is 0 Å². The molecule has 3 N–H and O–H groups in total. The van der Waals surface area contributed by atoms with Gasteiger partial charge in [-0.2, -0.15) is 0 Å².